The molecule has 4 rings (SSSR count). The van der Waals surface area contributed by atoms with Crippen molar-refractivity contribution in [3.63, 3.8) is 0 Å². The fourth-order valence-electron chi connectivity index (χ4n) is 4.13. The van der Waals surface area contributed by atoms with Crippen molar-refractivity contribution in [3.05, 3.63) is 54.0 Å². The van der Waals surface area contributed by atoms with E-state index in [9.17, 15) is 5.11 Å². The Morgan fingerprint density at radius 1 is 1.24 bits per heavy atom. The summed E-state index contributed by atoms with van der Waals surface area (Å²) in [7, 11) is 1.60. The summed E-state index contributed by atoms with van der Waals surface area (Å²) in [6.07, 6.45) is 3.47. The topological polar surface area (TPSA) is 91.1 Å². The van der Waals surface area contributed by atoms with Gasteiger partial charge in [-0.15, -0.1) is 0 Å². The number of fused-ring (bicyclic) bond motifs is 1. The van der Waals surface area contributed by atoms with E-state index in [0.29, 0.717) is 45.5 Å². The zero-order chi connectivity index (χ0) is 23.3. The fraction of sp³-hybridized carbons (Fsp3) is 0.500. The van der Waals surface area contributed by atoms with E-state index in [-0.39, 0.29) is 12.7 Å². The van der Waals surface area contributed by atoms with Gasteiger partial charge in [-0.3, -0.25) is 4.90 Å². The average molecular weight is 457 g/mol. The highest BCUT2D eigenvalue weighted by atomic mass is 16.7. The van der Waals surface area contributed by atoms with E-state index < -0.39 is 5.79 Å². The van der Waals surface area contributed by atoms with Crippen LogP contribution in [0.5, 0.6) is 5.88 Å². The number of hydrogen-bond acceptors (Lipinski definition) is 8. The third-order valence-electron chi connectivity index (χ3n) is 5.57. The van der Waals surface area contributed by atoms with Crippen LogP contribution in [-0.4, -0.2) is 69.8 Å². The molecule has 9 heteroatoms. The summed E-state index contributed by atoms with van der Waals surface area (Å²) in [4.78, 5) is 11.0. The van der Waals surface area contributed by atoms with Crippen molar-refractivity contribution < 1.29 is 24.1 Å². The molecule has 9 nitrogen and oxygen atoms in total. The normalized spacial score (nSPS) is 17.8. The quantitative estimate of drug-likeness (QED) is 0.471. The lowest BCUT2D eigenvalue weighted by Crippen LogP contribution is -2.36. The highest BCUT2D eigenvalue weighted by Crippen LogP contribution is 2.28. The number of aromatic nitrogens is 3. The molecule has 0 bridgehead atoms. The highest BCUT2D eigenvalue weighted by molar-refractivity contribution is 5.83. The largest absolute Gasteiger partial charge is 0.479 e. The van der Waals surface area contributed by atoms with E-state index in [2.05, 4.69) is 14.9 Å². The Morgan fingerprint density at radius 2 is 2.06 bits per heavy atom. The second-order valence-corrected chi connectivity index (χ2v) is 8.58. The predicted molar refractivity (Wildman–Crippen MR) is 123 cm³/mol. The number of nitrogens with zero attached hydrogens (tertiary/aromatic N) is 4. The molecule has 1 saturated heterocycles. The zero-order valence-electron chi connectivity index (χ0n) is 19.4. The molecular formula is C24H32N4O5. The number of hydrogen-bond donors (Lipinski definition) is 1. The third-order valence-corrected chi connectivity index (χ3v) is 5.57. The van der Waals surface area contributed by atoms with Crippen LogP contribution < -0.4 is 4.74 Å². The number of ether oxygens (including phenoxy) is 4. The lowest BCUT2D eigenvalue weighted by Gasteiger charge is -2.24. The van der Waals surface area contributed by atoms with Crippen LogP contribution >= 0.6 is 0 Å². The molecule has 178 valence electrons. The molecular weight excluding hydrogens is 424 g/mol. The van der Waals surface area contributed by atoms with Crippen LogP contribution in [0.15, 0.2) is 42.9 Å². The third kappa shape index (κ3) is 5.87. The first kappa shape index (κ1) is 23.6. The summed E-state index contributed by atoms with van der Waals surface area (Å²) in [6, 6.07) is 10.0. The molecule has 1 aliphatic heterocycles. The molecule has 0 saturated carbocycles. The summed E-state index contributed by atoms with van der Waals surface area (Å²) in [6.45, 7) is 6.98. The molecule has 3 heterocycles. The van der Waals surface area contributed by atoms with Crippen molar-refractivity contribution in [1.29, 1.82) is 0 Å². The van der Waals surface area contributed by atoms with E-state index >= 15 is 0 Å². The molecule has 2 aromatic heterocycles. The first-order chi connectivity index (χ1) is 16.0. The van der Waals surface area contributed by atoms with Crippen LogP contribution in [0.3, 0.4) is 0 Å². The number of aliphatic hydroxyl groups is 1. The molecule has 1 atom stereocenters. The Morgan fingerprint density at radius 3 is 2.76 bits per heavy atom. The second-order valence-electron chi connectivity index (χ2n) is 8.58. The lowest BCUT2D eigenvalue weighted by atomic mass is 10.2. The molecule has 1 aliphatic rings. The Balaban J connectivity index is 1.53. The van der Waals surface area contributed by atoms with Crippen LogP contribution in [0.1, 0.15) is 25.0 Å². The molecule has 0 spiro atoms. The van der Waals surface area contributed by atoms with Gasteiger partial charge >= 0.3 is 0 Å². The van der Waals surface area contributed by atoms with Crippen molar-refractivity contribution in [1.82, 2.24) is 19.4 Å². The van der Waals surface area contributed by atoms with E-state index in [1.165, 1.54) is 6.33 Å². The van der Waals surface area contributed by atoms with E-state index in [0.717, 1.165) is 22.2 Å². The Bertz CT molecular complexity index is 1040. The van der Waals surface area contributed by atoms with Crippen molar-refractivity contribution in [2.24, 2.45) is 0 Å². The van der Waals surface area contributed by atoms with E-state index in [4.69, 9.17) is 18.9 Å². The van der Waals surface area contributed by atoms with Gasteiger partial charge in [-0.2, -0.15) is 4.98 Å². The van der Waals surface area contributed by atoms with Crippen LogP contribution in [0.2, 0.25) is 0 Å². The molecule has 3 aromatic rings. The van der Waals surface area contributed by atoms with Crippen LogP contribution in [-0.2, 0) is 34.1 Å². The summed E-state index contributed by atoms with van der Waals surface area (Å²) in [5.41, 5.74) is 3.69. The van der Waals surface area contributed by atoms with Crippen molar-refractivity contribution in [2.75, 3.05) is 33.4 Å². The number of benzene rings is 1. The number of methoxy groups -OCH3 is 1. The van der Waals surface area contributed by atoms with Crippen LogP contribution in [0.4, 0.5) is 0 Å². The zero-order valence-corrected chi connectivity index (χ0v) is 19.4. The molecule has 0 aliphatic carbocycles. The summed E-state index contributed by atoms with van der Waals surface area (Å²) >= 11 is 0. The van der Waals surface area contributed by atoms with E-state index in [1.54, 1.807) is 7.11 Å². The van der Waals surface area contributed by atoms with Gasteiger partial charge in [0, 0.05) is 31.4 Å². The smallest absolute Gasteiger partial charge is 0.241 e. The maximum absolute atomic E-state index is 9.63. The maximum Gasteiger partial charge on any atom is 0.241 e. The molecule has 1 aromatic carbocycles. The highest BCUT2D eigenvalue weighted by Gasteiger charge is 2.33. The Labute approximate surface area is 193 Å². The van der Waals surface area contributed by atoms with Gasteiger partial charge in [0.05, 0.1) is 33.0 Å². The molecule has 1 N–H and O–H groups in total. The molecule has 0 unspecified atom stereocenters. The number of rotatable bonds is 11. The van der Waals surface area contributed by atoms with E-state index in [1.807, 2.05) is 54.9 Å². The Hall–Kier alpha value is -2.56. The summed E-state index contributed by atoms with van der Waals surface area (Å²) in [5, 5.41) is 9.63. The molecule has 33 heavy (non-hydrogen) atoms. The number of aliphatic hydroxyl groups excluding tert-OH is 1. The first-order valence-corrected chi connectivity index (χ1v) is 11.1. The monoisotopic (exact) mass is 456 g/mol. The minimum atomic E-state index is -0.581. The summed E-state index contributed by atoms with van der Waals surface area (Å²) < 4.78 is 25.1. The predicted octanol–water partition coefficient (Wildman–Crippen LogP) is 2.56. The lowest BCUT2D eigenvalue weighted by molar-refractivity contribution is -0.140. The average Bonchev–Trinajstić information content (AvgIpc) is 3.33. The van der Waals surface area contributed by atoms with Gasteiger partial charge in [-0.1, -0.05) is 30.3 Å². The van der Waals surface area contributed by atoms with Crippen molar-refractivity contribution in [2.45, 2.75) is 45.6 Å². The molecule has 1 fully saturated rings. The van der Waals surface area contributed by atoms with Crippen LogP contribution in [0.25, 0.3) is 11.0 Å². The van der Waals surface area contributed by atoms with Crippen molar-refractivity contribution in [3.8, 4) is 5.88 Å². The molecule has 0 radical (unpaired) electrons. The second kappa shape index (κ2) is 10.6. The summed E-state index contributed by atoms with van der Waals surface area (Å²) in [5.74, 6) is -0.0834. The van der Waals surface area contributed by atoms with Gasteiger partial charge < -0.3 is 28.6 Å². The minimum absolute atomic E-state index is 0.0497. The van der Waals surface area contributed by atoms with Gasteiger partial charge in [0.15, 0.2) is 5.79 Å². The van der Waals surface area contributed by atoms with Crippen LogP contribution in [0, 0.1) is 0 Å². The van der Waals surface area contributed by atoms with Gasteiger partial charge in [-0.05, 0) is 19.4 Å². The molecule has 0 amide bonds. The van der Waals surface area contributed by atoms with Gasteiger partial charge in [0.2, 0.25) is 5.88 Å². The standard InChI is InChI=1S/C24H32N4O5/c1-24(2)32-15-20(33-24)13-27(9-10-29)11-19-12-28(17-31-14-18-7-5-4-6-8-18)22-21(19)25-16-26-23(22)30-3/h4-8,12,16,20,29H,9-11,13-15,17H2,1-3H3/t20-/m0/s1. The van der Waals surface area contributed by atoms with Gasteiger partial charge in [-0.25, -0.2) is 4.98 Å². The first-order valence-electron chi connectivity index (χ1n) is 11.1. The van der Waals surface area contributed by atoms with Gasteiger partial charge in [0.25, 0.3) is 0 Å². The minimum Gasteiger partial charge on any atom is -0.479 e. The van der Waals surface area contributed by atoms with Gasteiger partial charge in [0.1, 0.15) is 24.1 Å². The maximum atomic E-state index is 9.63. The Kier molecular flexibility index (Phi) is 7.56. The van der Waals surface area contributed by atoms with Crippen molar-refractivity contribution >= 4 is 11.0 Å². The SMILES string of the molecule is COc1ncnc2c(CN(CCO)C[C@H]3COC(C)(C)O3)cn(COCc3ccccc3)c12. The fourth-order valence-corrected chi connectivity index (χ4v) is 4.13.